The van der Waals surface area contributed by atoms with Crippen LogP contribution >= 0.6 is 11.6 Å². The van der Waals surface area contributed by atoms with E-state index in [4.69, 9.17) is 17.3 Å². The van der Waals surface area contributed by atoms with Gasteiger partial charge >= 0.3 is 0 Å². The fourth-order valence-electron chi connectivity index (χ4n) is 2.03. The largest absolute Gasteiger partial charge is 0.353 e. The van der Waals surface area contributed by atoms with Gasteiger partial charge in [-0.2, -0.15) is 4.72 Å². The molecule has 0 radical (unpaired) electrons. The van der Waals surface area contributed by atoms with Crippen molar-refractivity contribution in [3.63, 3.8) is 0 Å². The van der Waals surface area contributed by atoms with Crippen LogP contribution in [0.1, 0.15) is 19.8 Å². The van der Waals surface area contributed by atoms with Gasteiger partial charge in [-0.3, -0.25) is 4.79 Å². The van der Waals surface area contributed by atoms with Crippen molar-refractivity contribution in [2.75, 3.05) is 6.54 Å². The van der Waals surface area contributed by atoms with Crippen molar-refractivity contribution < 1.29 is 13.2 Å². The molecule has 1 saturated carbocycles. The van der Waals surface area contributed by atoms with Crippen molar-refractivity contribution in [3.05, 3.63) is 29.3 Å². The second kappa shape index (κ2) is 6.95. The molecule has 1 aromatic rings. The van der Waals surface area contributed by atoms with Gasteiger partial charge in [0.25, 0.3) is 0 Å². The van der Waals surface area contributed by atoms with E-state index in [-0.39, 0.29) is 10.9 Å². The van der Waals surface area contributed by atoms with Gasteiger partial charge in [0.15, 0.2) is 0 Å². The van der Waals surface area contributed by atoms with Crippen molar-refractivity contribution in [1.82, 2.24) is 10.0 Å². The lowest BCUT2D eigenvalue weighted by Gasteiger charge is -2.16. The molecule has 8 heteroatoms. The first-order chi connectivity index (χ1) is 10.3. The third-order valence-electron chi connectivity index (χ3n) is 3.59. The molecule has 0 aromatic heterocycles. The van der Waals surface area contributed by atoms with Gasteiger partial charge in [0.2, 0.25) is 15.9 Å². The van der Waals surface area contributed by atoms with Crippen LogP contribution in [-0.2, 0) is 14.8 Å². The number of benzene rings is 1. The summed E-state index contributed by atoms with van der Waals surface area (Å²) in [5, 5.41) is 3.12. The van der Waals surface area contributed by atoms with Crippen LogP contribution in [0.4, 0.5) is 0 Å². The van der Waals surface area contributed by atoms with Gasteiger partial charge in [0.1, 0.15) is 0 Å². The third-order valence-corrected chi connectivity index (χ3v) is 5.40. The summed E-state index contributed by atoms with van der Waals surface area (Å²) in [6, 6.07) is 4.79. The first-order valence-corrected chi connectivity index (χ1v) is 8.97. The number of carbonyl (C=O) groups excluding carboxylic acids is 1. The summed E-state index contributed by atoms with van der Waals surface area (Å²) < 4.78 is 26.6. The molecule has 0 aliphatic heterocycles. The van der Waals surface area contributed by atoms with E-state index in [1.54, 1.807) is 0 Å². The van der Waals surface area contributed by atoms with Crippen LogP contribution in [-0.4, -0.2) is 33.0 Å². The number of sulfonamides is 1. The van der Waals surface area contributed by atoms with Crippen LogP contribution < -0.4 is 15.8 Å². The number of carbonyl (C=O) groups is 1. The quantitative estimate of drug-likeness (QED) is 0.682. The average Bonchev–Trinajstić information content (AvgIpc) is 3.28. The Kier molecular flexibility index (Phi) is 5.44. The van der Waals surface area contributed by atoms with Gasteiger partial charge in [0, 0.05) is 17.6 Å². The van der Waals surface area contributed by atoms with Gasteiger partial charge in [-0.15, -0.1) is 0 Å². The molecule has 1 amide bonds. The highest BCUT2D eigenvalue weighted by molar-refractivity contribution is 7.89. The third kappa shape index (κ3) is 4.67. The van der Waals surface area contributed by atoms with E-state index >= 15 is 0 Å². The number of rotatable bonds is 7. The molecule has 2 unspecified atom stereocenters. The maximum absolute atomic E-state index is 12.2. The van der Waals surface area contributed by atoms with Crippen molar-refractivity contribution in [1.29, 1.82) is 0 Å². The Bertz CT molecular complexity index is 629. The van der Waals surface area contributed by atoms with Crippen LogP contribution in [0.25, 0.3) is 0 Å². The number of hydrogen-bond donors (Lipinski definition) is 3. The number of nitrogens with one attached hydrogen (secondary N) is 2. The van der Waals surface area contributed by atoms with Crippen LogP contribution in [0.3, 0.4) is 0 Å². The molecule has 22 heavy (non-hydrogen) atoms. The van der Waals surface area contributed by atoms with Crippen LogP contribution in [0.15, 0.2) is 29.2 Å². The molecule has 6 nitrogen and oxygen atoms in total. The summed E-state index contributed by atoms with van der Waals surface area (Å²) in [7, 11) is -3.76. The van der Waals surface area contributed by atoms with E-state index in [9.17, 15) is 13.2 Å². The highest BCUT2D eigenvalue weighted by atomic mass is 35.5. The van der Waals surface area contributed by atoms with E-state index in [0.717, 1.165) is 12.8 Å². The van der Waals surface area contributed by atoms with Crippen LogP contribution in [0.2, 0.25) is 5.02 Å². The minimum Gasteiger partial charge on any atom is -0.353 e. The average molecular weight is 346 g/mol. The van der Waals surface area contributed by atoms with E-state index < -0.39 is 22.0 Å². The fraction of sp³-hybridized carbons (Fsp3) is 0.500. The molecule has 0 bridgehead atoms. The molecule has 122 valence electrons. The van der Waals surface area contributed by atoms with Gasteiger partial charge in [-0.25, -0.2) is 8.42 Å². The van der Waals surface area contributed by atoms with Gasteiger partial charge in [-0.1, -0.05) is 11.6 Å². The Hall–Kier alpha value is -1.15. The molecular weight excluding hydrogens is 326 g/mol. The molecule has 0 saturated heterocycles. The number of amides is 1. The Morgan fingerprint density at radius 1 is 1.36 bits per heavy atom. The van der Waals surface area contributed by atoms with Crippen molar-refractivity contribution >= 4 is 27.5 Å². The smallest absolute Gasteiger partial charge is 0.241 e. The Labute approximate surface area is 135 Å². The summed E-state index contributed by atoms with van der Waals surface area (Å²) in [6.07, 6.45) is 2.19. The predicted molar refractivity (Wildman–Crippen MR) is 84.9 cm³/mol. The number of halogens is 1. The van der Waals surface area contributed by atoms with Gasteiger partial charge in [-0.05, 0) is 49.9 Å². The number of nitrogens with two attached hydrogens (primary N) is 1. The fourth-order valence-corrected chi connectivity index (χ4v) is 3.36. The SMILES string of the molecule is CC(NS(=O)(=O)c1ccc(Cl)cc1)C(=O)NCC(N)C1CC1. The zero-order chi connectivity index (χ0) is 16.3. The monoisotopic (exact) mass is 345 g/mol. The molecule has 0 heterocycles. The lowest BCUT2D eigenvalue weighted by molar-refractivity contribution is -0.122. The maximum atomic E-state index is 12.2. The zero-order valence-electron chi connectivity index (χ0n) is 12.3. The minimum atomic E-state index is -3.76. The Balaban J connectivity index is 1.90. The molecule has 2 atom stereocenters. The van der Waals surface area contributed by atoms with E-state index in [1.165, 1.54) is 31.2 Å². The maximum Gasteiger partial charge on any atom is 0.241 e. The summed E-state index contributed by atoms with van der Waals surface area (Å²) in [6.45, 7) is 1.85. The van der Waals surface area contributed by atoms with Crippen molar-refractivity contribution in [2.24, 2.45) is 11.7 Å². The van der Waals surface area contributed by atoms with E-state index in [0.29, 0.717) is 17.5 Å². The first kappa shape index (κ1) is 17.2. The number of hydrogen-bond acceptors (Lipinski definition) is 4. The topological polar surface area (TPSA) is 101 Å². The van der Waals surface area contributed by atoms with Crippen molar-refractivity contribution in [2.45, 2.75) is 36.7 Å². The molecule has 0 spiro atoms. The van der Waals surface area contributed by atoms with Crippen molar-refractivity contribution in [3.8, 4) is 0 Å². The van der Waals surface area contributed by atoms with E-state index in [1.807, 2.05) is 0 Å². The molecular formula is C14H20ClN3O3S. The van der Waals surface area contributed by atoms with Crippen LogP contribution in [0, 0.1) is 5.92 Å². The highest BCUT2D eigenvalue weighted by Gasteiger charge is 2.29. The summed E-state index contributed by atoms with van der Waals surface area (Å²) in [5.74, 6) is 0.0787. The molecule has 1 aliphatic rings. The highest BCUT2D eigenvalue weighted by Crippen LogP contribution is 2.31. The molecule has 2 rings (SSSR count). The second-order valence-corrected chi connectivity index (χ2v) is 7.69. The summed E-state index contributed by atoms with van der Waals surface area (Å²) in [4.78, 5) is 12.0. The zero-order valence-corrected chi connectivity index (χ0v) is 13.8. The first-order valence-electron chi connectivity index (χ1n) is 7.11. The Morgan fingerprint density at radius 3 is 2.50 bits per heavy atom. The lowest BCUT2D eigenvalue weighted by Crippen LogP contribution is -2.48. The lowest BCUT2D eigenvalue weighted by atomic mass is 10.2. The molecule has 1 aliphatic carbocycles. The molecule has 1 aromatic carbocycles. The van der Waals surface area contributed by atoms with E-state index in [2.05, 4.69) is 10.0 Å². The standard InChI is InChI=1S/C14H20ClN3O3S/c1-9(14(19)17-8-13(16)10-2-3-10)18-22(20,21)12-6-4-11(15)5-7-12/h4-7,9-10,13,18H,2-3,8,16H2,1H3,(H,17,19). The normalized spacial score (nSPS) is 17.8. The van der Waals surface area contributed by atoms with Crippen LogP contribution in [0.5, 0.6) is 0 Å². The molecule has 1 fully saturated rings. The summed E-state index contributed by atoms with van der Waals surface area (Å²) in [5.41, 5.74) is 5.89. The predicted octanol–water partition coefficient (Wildman–Crippen LogP) is 0.860. The second-order valence-electron chi connectivity index (χ2n) is 5.54. The Morgan fingerprint density at radius 2 is 1.95 bits per heavy atom. The van der Waals surface area contributed by atoms with Gasteiger partial charge in [0.05, 0.1) is 10.9 Å². The minimum absolute atomic E-state index is 0.0613. The van der Waals surface area contributed by atoms with Gasteiger partial charge < -0.3 is 11.1 Å². The molecule has 4 N–H and O–H groups in total. The summed E-state index contributed by atoms with van der Waals surface area (Å²) >= 11 is 5.73.